The van der Waals surface area contributed by atoms with E-state index in [1.165, 1.54) is 56.9 Å². The summed E-state index contributed by atoms with van der Waals surface area (Å²) in [5, 5.41) is 0. The topological polar surface area (TPSA) is 9.23 Å². The quantitative estimate of drug-likeness (QED) is 0.525. The zero-order valence-electron chi connectivity index (χ0n) is 10.8. The SMILES string of the molecule is C=C1CCCCCCCCC/C=C(/C)CO1. The molecular weight excluding hydrogens is 196 g/mol. The molecule has 1 aliphatic heterocycles. The number of allylic oxidation sites excluding steroid dienone is 2. The van der Waals surface area contributed by atoms with Crippen LogP contribution in [0.25, 0.3) is 0 Å². The number of ether oxygens (including phenoxy) is 1. The van der Waals surface area contributed by atoms with E-state index in [0.29, 0.717) is 0 Å². The third-order valence-electron chi connectivity index (χ3n) is 3.16. The van der Waals surface area contributed by atoms with Gasteiger partial charge in [-0.3, -0.25) is 0 Å². The van der Waals surface area contributed by atoms with Gasteiger partial charge in [-0.15, -0.1) is 0 Å². The van der Waals surface area contributed by atoms with Crippen molar-refractivity contribution in [3.63, 3.8) is 0 Å². The van der Waals surface area contributed by atoms with Crippen LogP contribution in [0.1, 0.15) is 64.7 Å². The van der Waals surface area contributed by atoms with Gasteiger partial charge in [0.05, 0.1) is 5.76 Å². The molecule has 0 atom stereocenters. The van der Waals surface area contributed by atoms with Crippen molar-refractivity contribution < 1.29 is 4.74 Å². The van der Waals surface area contributed by atoms with Crippen LogP contribution >= 0.6 is 0 Å². The zero-order valence-corrected chi connectivity index (χ0v) is 10.8. The molecular formula is C15H26O. The third-order valence-corrected chi connectivity index (χ3v) is 3.16. The van der Waals surface area contributed by atoms with Gasteiger partial charge < -0.3 is 4.74 Å². The fourth-order valence-electron chi connectivity index (χ4n) is 2.05. The Hall–Kier alpha value is -0.720. The Labute approximate surface area is 101 Å². The van der Waals surface area contributed by atoms with Gasteiger partial charge in [-0.2, -0.15) is 0 Å². The molecule has 0 saturated heterocycles. The Bertz CT molecular complexity index is 228. The van der Waals surface area contributed by atoms with Crippen molar-refractivity contribution in [2.45, 2.75) is 64.7 Å². The first kappa shape index (κ1) is 13.3. The second-order valence-electron chi connectivity index (χ2n) is 4.89. The highest BCUT2D eigenvalue weighted by atomic mass is 16.5. The summed E-state index contributed by atoms with van der Waals surface area (Å²) in [6, 6.07) is 0. The predicted molar refractivity (Wildman–Crippen MR) is 70.4 cm³/mol. The van der Waals surface area contributed by atoms with Crippen LogP contribution < -0.4 is 0 Å². The second-order valence-corrected chi connectivity index (χ2v) is 4.89. The first-order valence-electron chi connectivity index (χ1n) is 6.75. The highest BCUT2D eigenvalue weighted by Gasteiger charge is 1.99. The van der Waals surface area contributed by atoms with E-state index in [-0.39, 0.29) is 0 Å². The summed E-state index contributed by atoms with van der Waals surface area (Å²) in [7, 11) is 0. The molecule has 0 radical (unpaired) electrons. The smallest absolute Gasteiger partial charge is 0.109 e. The van der Waals surface area contributed by atoms with E-state index in [4.69, 9.17) is 4.74 Å². The number of rotatable bonds is 0. The van der Waals surface area contributed by atoms with Gasteiger partial charge in [-0.25, -0.2) is 0 Å². The lowest BCUT2D eigenvalue weighted by atomic mass is 10.1. The second kappa shape index (κ2) is 8.43. The van der Waals surface area contributed by atoms with Crippen LogP contribution in [-0.2, 0) is 4.74 Å². The molecule has 0 bridgehead atoms. The van der Waals surface area contributed by atoms with Crippen molar-refractivity contribution >= 4 is 0 Å². The third kappa shape index (κ3) is 6.71. The van der Waals surface area contributed by atoms with E-state index >= 15 is 0 Å². The maximum Gasteiger partial charge on any atom is 0.109 e. The van der Waals surface area contributed by atoms with E-state index in [2.05, 4.69) is 19.6 Å². The Morgan fingerprint density at radius 2 is 1.62 bits per heavy atom. The van der Waals surface area contributed by atoms with Crippen LogP contribution in [-0.4, -0.2) is 6.61 Å². The highest BCUT2D eigenvalue weighted by Crippen LogP contribution is 2.15. The van der Waals surface area contributed by atoms with Crippen molar-refractivity contribution in [1.29, 1.82) is 0 Å². The summed E-state index contributed by atoms with van der Waals surface area (Å²) in [5.41, 5.74) is 1.35. The Balaban J connectivity index is 2.33. The van der Waals surface area contributed by atoms with Gasteiger partial charge in [-0.1, -0.05) is 44.8 Å². The van der Waals surface area contributed by atoms with Crippen molar-refractivity contribution in [3.8, 4) is 0 Å². The molecule has 0 amide bonds. The van der Waals surface area contributed by atoms with Gasteiger partial charge in [-0.05, 0) is 31.8 Å². The fraction of sp³-hybridized carbons (Fsp3) is 0.733. The van der Waals surface area contributed by atoms with Crippen molar-refractivity contribution in [2.24, 2.45) is 0 Å². The number of hydrogen-bond donors (Lipinski definition) is 0. The molecule has 1 heteroatoms. The predicted octanol–water partition coefficient (Wildman–Crippen LogP) is 4.99. The van der Waals surface area contributed by atoms with Gasteiger partial charge >= 0.3 is 0 Å². The lowest BCUT2D eigenvalue weighted by molar-refractivity contribution is 0.227. The minimum Gasteiger partial charge on any atom is -0.494 e. The molecule has 0 fully saturated rings. The summed E-state index contributed by atoms with van der Waals surface area (Å²) >= 11 is 0. The van der Waals surface area contributed by atoms with Crippen LogP contribution in [0, 0.1) is 0 Å². The van der Waals surface area contributed by atoms with Crippen LogP contribution in [0.4, 0.5) is 0 Å². The Morgan fingerprint density at radius 1 is 1.00 bits per heavy atom. The summed E-state index contributed by atoms with van der Waals surface area (Å²) < 4.78 is 5.64. The number of hydrogen-bond acceptors (Lipinski definition) is 1. The van der Waals surface area contributed by atoms with E-state index in [1.807, 2.05) is 0 Å². The Morgan fingerprint density at radius 3 is 2.38 bits per heavy atom. The summed E-state index contributed by atoms with van der Waals surface area (Å²) in [5.74, 6) is 0.963. The average molecular weight is 222 g/mol. The van der Waals surface area contributed by atoms with Gasteiger partial charge in [0.15, 0.2) is 0 Å². The normalized spacial score (nSPS) is 25.1. The zero-order chi connectivity index (χ0) is 11.6. The minimum atomic E-state index is 0.735. The largest absolute Gasteiger partial charge is 0.494 e. The van der Waals surface area contributed by atoms with Crippen molar-refractivity contribution in [2.75, 3.05) is 6.61 Å². The van der Waals surface area contributed by atoms with E-state index in [0.717, 1.165) is 18.8 Å². The van der Waals surface area contributed by atoms with Gasteiger partial charge in [0.2, 0.25) is 0 Å². The fourth-order valence-corrected chi connectivity index (χ4v) is 2.05. The van der Waals surface area contributed by atoms with Crippen LogP contribution in [0.2, 0.25) is 0 Å². The maximum atomic E-state index is 5.64. The van der Waals surface area contributed by atoms with Crippen LogP contribution in [0.15, 0.2) is 24.0 Å². The van der Waals surface area contributed by atoms with Crippen molar-refractivity contribution in [3.05, 3.63) is 24.0 Å². The van der Waals surface area contributed by atoms with Gasteiger partial charge in [0.1, 0.15) is 6.61 Å². The molecule has 1 nitrogen and oxygen atoms in total. The molecule has 0 unspecified atom stereocenters. The summed E-state index contributed by atoms with van der Waals surface area (Å²) in [6.07, 6.45) is 14.0. The molecule has 1 aliphatic rings. The molecule has 0 aromatic rings. The molecule has 0 spiro atoms. The maximum absolute atomic E-state index is 5.64. The highest BCUT2D eigenvalue weighted by molar-refractivity contribution is 4.99. The van der Waals surface area contributed by atoms with Gasteiger partial charge in [0, 0.05) is 6.42 Å². The van der Waals surface area contributed by atoms with E-state index in [9.17, 15) is 0 Å². The Kier molecular flexibility index (Phi) is 7.03. The van der Waals surface area contributed by atoms with E-state index < -0.39 is 0 Å². The molecule has 0 aromatic heterocycles. The summed E-state index contributed by atoms with van der Waals surface area (Å²) in [4.78, 5) is 0. The van der Waals surface area contributed by atoms with Gasteiger partial charge in [0.25, 0.3) is 0 Å². The monoisotopic (exact) mass is 222 g/mol. The molecule has 1 heterocycles. The average Bonchev–Trinajstić information content (AvgIpc) is 2.28. The molecule has 92 valence electrons. The molecule has 0 saturated carbocycles. The van der Waals surface area contributed by atoms with Crippen LogP contribution in [0.5, 0.6) is 0 Å². The van der Waals surface area contributed by atoms with Crippen LogP contribution in [0.3, 0.4) is 0 Å². The standard InChI is InChI=1S/C15H26O/c1-14-11-9-7-5-3-4-6-8-10-12-15(2)16-13-14/h11H,2-10,12-13H2,1H3/b14-11-. The first-order chi connectivity index (χ1) is 7.79. The summed E-state index contributed by atoms with van der Waals surface area (Å²) in [6.45, 7) is 6.86. The first-order valence-corrected chi connectivity index (χ1v) is 6.75. The minimum absolute atomic E-state index is 0.735. The molecule has 1 rings (SSSR count). The van der Waals surface area contributed by atoms with Crippen molar-refractivity contribution in [1.82, 2.24) is 0 Å². The molecule has 0 aromatic carbocycles. The van der Waals surface area contributed by atoms with E-state index in [1.54, 1.807) is 0 Å². The lowest BCUT2D eigenvalue weighted by Crippen LogP contribution is -1.96. The molecule has 16 heavy (non-hydrogen) atoms. The molecule has 0 N–H and O–H groups in total. The lowest BCUT2D eigenvalue weighted by Gasteiger charge is -2.10. The molecule has 0 aliphatic carbocycles.